The number of hydrogen-bond acceptors (Lipinski definition) is 5. The Morgan fingerprint density at radius 3 is 2.60 bits per heavy atom. The SMILES string of the molecule is O=C(C(O)C(O)c1ccccc1)N1Cc2nc(C3CC3)[nH]c(=O)c2C1. The lowest BCUT2D eigenvalue weighted by molar-refractivity contribution is -0.147. The number of nitrogens with one attached hydrogen (secondary N) is 1. The molecule has 1 aliphatic heterocycles. The van der Waals surface area contributed by atoms with Crippen molar-refractivity contribution in [3.05, 3.63) is 63.3 Å². The fourth-order valence-corrected chi connectivity index (χ4v) is 3.15. The summed E-state index contributed by atoms with van der Waals surface area (Å²) in [6.45, 7) is 0.274. The number of carbonyl (C=O) groups excluding carboxylic acids is 1. The monoisotopic (exact) mass is 341 g/mol. The Labute approximate surface area is 144 Å². The molecule has 1 aromatic heterocycles. The van der Waals surface area contributed by atoms with Crippen molar-refractivity contribution in [3.63, 3.8) is 0 Å². The van der Waals surface area contributed by atoms with Crippen molar-refractivity contribution >= 4 is 5.91 Å². The molecular weight excluding hydrogens is 322 g/mol. The molecule has 25 heavy (non-hydrogen) atoms. The number of H-pyrrole nitrogens is 1. The summed E-state index contributed by atoms with van der Waals surface area (Å²) in [5.41, 5.74) is 1.28. The van der Waals surface area contributed by atoms with Gasteiger partial charge in [0.05, 0.1) is 24.3 Å². The van der Waals surface area contributed by atoms with Gasteiger partial charge in [-0.1, -0.05) is 30.3 Å². The number of nitrogens with zero attached hydrogens (tertiary/aromatic N) is 2. The van der Waals surface area contributed by atoms with E-state index in [0.29, 0.717) is 28.6 Å². The quantitative estimate of drug-likeness (QED) is 0.754. The van der Waals surface area contributed by atoms with E-state index in [2.05, 4.69) is 9.97 Å². The van der Waals surface area contributed by atoms with Crippen molar-refractivity contribution in [1.29, 1.82) is 0 Å². The van der Waals surface area contributed by atoms with Gasteiger partial charge in [-0.3, -0.25) is 9.59 Å². The lowest BCUT2D eigenvalue weighted by Gasteiger charge is -2.23. The van der Waals surface area contributed by atoms with Crippen LogP contribution in [-0.4, -0.2) is 37.1 Å². The second kappa shape index (κ2) is 6.09. The van der Waals surface area contributed by atoms with Crippen LogP contribution < -0.4 is 5.56 Å². The zero-order valence-electron chi connectivity index (χ0n) is 13.6. The predicted octanol–water partition coefficient (Wildman–Crippen LogP) is 0.584. The van der Waals surface area contributed by atoms with Crippen LogP contribution >= 0.6 is 0 Å². The topological polar surface area (TPSA) is 107 Å². The van der Waals surface area contributed by atoms with Crippen LogP contribution in [0.25, 0.3) is 0 Å². The molecule has 130 valence electrons. The maximum atomic E-state index is 12.5. The van der Waals surface area contributed by atoms with E-state index >= 15 is 0 Å². The van der Waals surface area contributed by atoms with Gasteiger partial charge in [0.2, 0.25) is 0 Å². The number of rotatable bonds is 4. The van der Waals surface area contributed by atoms with E-state index in [1.165, 1.54) is 4.90 Å². The molecule has 1 aliphatic carbocycles. The minimum Gasteiger partial charge on any atom is -0.385 e. The van der Waals surface area contributed by atoms with Crippen LogP contribution in [-0.2, 0) is 17.9 Å². The Balaban J connectivity index is 1.52. The summed E-state index contributed by atoms with van der Waals surface area (Å²) < 4.78 is 0. The van der Waals surface area contributed by atoms with Crippen molar-refractivity contribution in [2.45, 2.75) is 44.1 Å². The van der Waals surface area contributed by atoms with Crippen molar-refractivity contribution < 1.29 is 15.0 Å². The zero-order chi connectivity index (χ0) is 17.6. The lowest BCUT2D eigenvalue weighted by atomic mass is 10.0. The third-order valence-electron chi connectivity index (χ3n) is 4.78. The fraction of sp³-hybridized carbons (Fsp3) is 0.389. The molecule has 7 heteroatoms. The Bertz CT molecular complexity index is 860. The zero-order valence-corrected chi connectivity index (χ0v) is 13.6. The average molecular weight is 341 g/mol. The van der Waals surface area contributed by atoms with Crippen molar-refractivity contribution in [1.82, 2.24) is 14.9 Å². The number of carbonyl (C=O) groups is 1. The van der Waals surface area contributed by atoms with Crippen molar-refractivity contribution in [2.24, 2.45) is 0 Å². The predicted molar refractivity (Wildman–Crippen MR) is 88.5 cm³/mol. The molecule has 0 saturated heterocycles. The molecule has 1 saturated carbocycles. The van der Waals surface area contributed by atoms with Gasteiger partial charge in [-0.15, -0.1) is 0 Å². The lowest BCUT2D eigenvalue weighted by Crippen LogP contribution is -2.39. The number of aromatic nitrogens is 2. The van der Waals surface area contributed by atoms with E-state index in [-0.39, 0.29) is 18.6 Å². The standard InChI is InChI=1S/C18H19N3O4/c22-14(10-4-2-1-3-5-10)15(23)18(25)21-8-12-13(9-21)19-16(11-6-7-11)20-17(12)24/h1-5,11,14-15,22-23H,6-9H2,(H,19,20,24). The minimum absolute atomic E-state index is 0.0972. The summed E-state index contributed by atoms with van der Waals surface area (Å²) >= 11 is 0. The maximum absolute atomic E-state index is 12.5. The number of fused-ring (bicyclic) bond motifs is 1. The molecule has 2 heterocycles. The number of benzene rings is 1. The second-order valence-corrected chi connectivity index (χ2v) is 6.65. The van der Waals surface area contributed by atoms with E-state index in [1.807, 2.05) is 0 Å². The van der Waals surface area contributed by atoms with Gasteiger partial charge < -0.3 is 20.1 Å². The van der Waals surface area contributed by atoms with Crippen LogP contribution in [0.2, 0.25) is 0 Å². The normalized spacial score (nSPS) is 18.7. The molecule has 3 N–H and O–H groups in total. The minimum atomic E-state index is -1.58. The first-order valence-electron chi connectivity index (χ1n) is 8.36. The second-order valence-electron chi connectivity index (χ2n) is 6.65. The first-order valence-corrected chi connectivity index (χ1v) is 8.36. The van der Waals surface area contributed by atoms with Crippen molar-refractivity contribution in [3.8, 4) is 0 Å². The van der Waals surface area contributed by atoms with E-state index in [4.69, 9.17) is 0 Å². The van der Waals surface area contributed by atoms with Gasteiger partial charge in [0, 0.05) is 5.92 Å². The highest BCUT2D eigenvalue weighted by atomic mass is 16.3. The molecule has 2 aromatic rings. The number of aliphatic hydroxyl groups is 2. The summed E-state index contributed by atoms with van der Waals surface area (Å²) in [5, 5.41) is 20.5. The van der Waals surface area contributed by atoms with Gasteiger partial charge in [-0.25, -0.2) is 4.98 Å². The van der Waals surface area contributed by atoms with Gasteiger partial charge in [0.15, 0.2) is 6.10 Å². The van der Waals surface area contributed by atoms with Crippen LogP contribution in [0.3, 0.4) is 0 Å². The largest absolute Gasteiger partial charge is 0.385 e. The van der Waals surface area contributed by atoms with E-state index < -0.39 is 18.1 Å². The van der Waals surface area contributed by atoms with E-state index in [0.717, 1.165) is 12.8 Å². The van der Waals surface area contributed by atoms with Gasteiger partial charge in [0.25, 0.3) is 11.5 Å². The van der Waals surface area contributed by atoms with Gasteiger partial charge >= 0.3 is 0 Å². The highest BCUT2D eigenvalue weighted by molar-refractivity contribution is 5.82. The summed E-state index contributed by atoms with van der Waals surface area (Å²) in [6.07, 6.45) is -0.858. The Hall–Kier alpha value is -2.51. The van der Waals surface area contributed by atoms with Crippen LogP contribution in [0.4, 0.5) is 0 Å². The molecule has 1 amide bonds. The molecule has 2 aliphatic rings. The van der Waals surface area contributed by atoms with Gasteiger partial charge in [-0.2, -0.15) is 0 Å². The third kappa shape index (κ3) is 2.96. The van der Waals surface area contributed by atoms with Crippen LogP contribution in [0.5, 0.6) is 0 Å². The highest BCUT2D eigenvalue weighted by Gasteiger charge is 2.35. The molecule has 2 unspecified atom stereocenters. The van der Waals surface area contributed by atoms with Gasteiger partial charge in [-0.05, 0) is 18.4 Å². The summed E-state index contributed by atoms with van der Waals surface area (Å²) in [7, 11) is 0. The first-order chi connectivity index (χ1) is 12.0. The Morgan fingerprint density at radius 2 is 1.92 bits per heavy atom. The van der Waals surface area contributed by atoms with Crippen LogP contribution in [0.15, 0.2) is 35.1 Å². The Kier molecular flexibility index (Phi) is 3.89. The molecular formula is C18H19N3O4. The van der Waals surface area contributed by atoms with E-state index in [9.17, 15) is 19.8 Å². The third-order valence-corrected chi connectivity index (χ3v) is 4.78. The highest BCUT2D eigenvalue weighted by Crippen LogP contribution is 2.38. The molecule has 1 fully saturated rings. The maximum Gasteiger partial charge on any atom is 0.256 e. The van der Waals surface area contributed by atoms with Gasteiger partial charge in [0.1, 0.15) is 11.9 Å². The fourth-order valence-electron chi connectivity index (χ4n) is 3.15. The summed E-state index contributed by atoms with van der Waals surface area (Å²) in [5.74, 6) is 0.387. The molecule has 2 atom stereocenters. The number of amides is 1. The number of aromatic amines is 1. The van der Waals surface area contributed by atoms with Crippen LogP contribution in [0.1, 0.15) is 47.5 Å². The smallest absolute Gasteiger partial charge is 0.256 e. The van der Waals surface area contributed by atoms with Crippen molar-refractivity contribution in [2.75, 3.05) is 0 Å². The summed E-state index contributed by atoms with van der Waals surface area (Å²) in [6, 6.07) is 8.54. The molecule has 0 bridgehead atoms. The average Bonchev–Trinajstić information content (AvgIpc) is 3.39. The molecule has 1 aromatic carbocycles. The molecule has 7 nitrogen and oxygen atoms in total. The molecule has 4 rings (SSSR count). The molecule has 0 radical (unpaired) electrons. The number of aliphatic hydroxyl groups excluding tert-OH is 2. The number of hydrogen-bond donors (Lipinski definition) is 3. The van der Waals surface area contributed by atoms with Crippen LogP contribution in [0, 0.1) is 0 Å². The molecule has 0 spiro atoms. The summed E-state index contributed by atoms with van der Waals surface area (Å²) in [4.78, 5) is 33.4. The van der Waals surface area contributed by atoms with E-state index in [1.54, 1.807) is 30.3 Å². The Morgan fingerprint density at radius 1 is 1.20 bits per heavy atom. The first kappa shape index (κ1) is 16.0.